The summed E-state index contributed by atoms with van der Waals surface area (Å²) in [6.07, 6.45) is 0.796. The van der Waals surface area contributed by atoms with Crippen molar-refractivity contribution in [3.8, 4) is 11.5 Å². The van der Waals surface area contributed by atoms with E-state index in [1.165, 1.54) is 6.07 Å². The monoisotopic (exact) mass is 286 g/mol. The van der Waals surface area contributed by atoms with E-state index in [0.717, 1.165) is 12.0 Å². The molecule has 1 aliphatic heterocycles. The van der Waals surface area contributed by atoms with E-state index >= 15 is 0 Å². The lowest BCUT2D eigenvalue weighted by Gasteiger charge is -2.09. The number of carbonyl (C=O) groups is 1. The Balaban J connectivity index is 1.98. The Labute approximate surface area is 122 Å². The fraction of sp³-hybridized carbons (Fsp3) is 0.235. The lowest BCUT2D eigenvalue weighted by atomic mass is 10.0. The third-order valence-electron chi connectivity index (χ3n) is 3.38. The highest BCUT2D eigenvalue weighted by molar-refractivity contribution is 6.09. The van der Waals surface area contributed by atoms with Gasteiger partial charge in [-0.1, -0.05) is 11.6 Å². The predicted molar refractivity (Wildman–Crippen MR) is 76.6 cm³/mol. The molecule has 2 aromatic carbocycles. The molecule has 108 valence electrons. The molecule has 2 aromatic rings. The lowest BCUT2D eigenvalue weighted by molar-refractivity contribution is 0.103. The van der Waals surface area contributed by atoms with Crippen molar-refractivity contribution in [2.45, 2.75) is 13.3 Å². The molecule has 1 heterocycles. The number of ether oxygens (including phenoxy) is 2. The summed E-state index contributed by atoms with van der Waals surface area (Å²) in [6, 6.07) is 9.45. The smallest absolute Gasteiger partial charge is 0.196 e. The number of benzene rings is 2. The van der Waals surface area contributed by atoms with Crippen molar-refractivity contribution in [2.24, 2.45) is 0 Å². The van der Waals surface area contributed by atoms with E-state index in [4.69, 9.17) is 9.47 Å². The highest BCUT2D eigenvalue weighted by Crippen LogP contribution is 2.31. The Bertz CT molecular complexity index is 694. The minimum Gasteiger partial charge on any atom is -0.490 e. The molecule has 0 spiro atoms. The van der Waals surface area contributed by atoms with Crippen molar-refractivity contribution in [3.05, 3.63) is 58.9 Å². The van der Waals surface area contributed by atoms with Crippen molar-refractivity contribution in [1.29, 1.82) is 0 Å². The van der Waals surface area contributed by atoms with Gasteiger partial charge in [0.1, 0.15) is 5.82 Å². The molecule has 4 heteroatoms. The molecular weight excluding hydrogens is 271 g/mol. The minimum atomic E-state index is -0.516. The van der Waals surface area contributed by atoms with Crippen LogP contribution in [-0.2, 0) is 0 Å². The first-order valence-electron chi connectivity index (χ1n) is 6.85. The molecule has 1 aliphatic rings. The Hall–Kier alpha value is -2.36. The third-order valence-corrected chi connectivity index (χ3v) is 3.38. The summed E-state index contributed by atoms with van der Waals surface area (Å²) in [5.41, 5.74) is 1.31. The number of hydrogen-bond acceptors (Lipinski definition) is 3. The first kappa shape index (κ1) is 13.6. The molecule has 0 radical (unpaired) electrons. The summed E-state index contributed by atoms with van der Waals surface area (Å²) < 4.78 is 24.9. The summed E-state index contributed by atoms with van der Waals surface area (Å²) in [5, 5.41) is 0. The molecule has 3 nitrogen and oxygen atoms in total. The van der Waals surface area contributed by atoms with Gasteiger partial charge in [-0.05, 0) is 37.3 Å². The normalized spacial score (nSPS) is 13.6. The van der Waals surface area contributed by atoms with Gasteiger partial charge in [0, 0.05) is 12.0 Å². The van der Waals surface area contributed by atoms with Crippen LogP contribution in [0.3, 0.4) is 0 Å². The van der Waals surface area contributed by atoms with Gasteiger partial charge in [-0.15, -0.1) is 0 Å². The third kappa shape index (κ3) is 2.75. The number of ketones is 1. The molecule has 0 fully saturated rings. The lowest BCUT2D eigenvalue weighted by Crippen LogP contribution is -2.05. The molecule has 21 heavy (non-hydrogen) atoms. The van der Waals surface area contributed by atoms with Gasteiger partial charge in [-0.2, -0.15) is 0 Å². The summed E-state index contributed by atoms with van der Waals surface area (Å²) in [7, 11) is 0. The average molecular weight is 286 g/mol. The SMILES string of the molecule is Cc1ccc(F)c(C(=O)c2ccc3c(c2)OCCCO3)c1. The van der Waals surface area contributed by atoms with Crippen LogP contribution >= 0.6 is 0 Å². The maximum atomic E-state index is 13.8. The first-order chi connectivity index (χ1) is 10.1. The number of halogens is 1. The highest BCUT2D eigenvalue weighted by atomic mass is 19.1. The quantitative estimate of drug-likeness (QED) is 0.792. The van der Waals surface area contributed by atoms with Gasteiger partial charge in [-0.3, -0.25) is 4.79 Å². The van der Waals surface area contributed by atoms with Crippen LogP contribution in [0.5, 0.6) is 11.5 Å². The Morgan fingerprint density at radius 1 is 1.05 bits per heavy atom. The molecule has 0 N–H and O–H groups in total. The maximum absolute atomic E-state index is 13.8. The van der Waals surface area contributed by atoms with Crippen molar-refractivity contribution < 1.29 is 18.7 Å². The molecule has 0 aromatic heterocycles. The Morgan fingerprint density at radius 2 is 1.81 bits per heavy atom. The van der Waals surface area contributed by atoms with Gasteiger partial charge in [-0.25, -0.2) is 4.39 Å². The Kier molecular flexibility index (Phi) is 3.60. The fourth-order valence-corrected chi connectivity index (χ4v) is 2.27. The standard InChI is InChI=1S/C17H15FO3/c1-11-3-5-14(18)13(9-11)17(19)12-4-6-15-16(10-12)21-8-2-7-20-15/h3-6,9-10H,2,7-8H2,1H3. The average Bonchev–Trinajstić information content (AvgIpc) is 2.73. The van der Waals surface area contributed by atoms with Crippen molar-refractivity contribution in [1.82, 2.24) is 0 Å². The van der Waals surface area contributed by atoms with Gasteiger partial charge in [0.15, 0.2) is 17.3 Å². The molecule has 0 aliphatic carbocycles. The molecule has 0 bridgehead atoms. The number of carbonyl (C=O) groups excluding carboxylic acids is 1. The Morgan fingerprint density at radius 3 is 2.62 bits per heavy atom. The number of rotatable bonds is 2. The van der Waals surface area contributed by atoms with Gasteiger partial charge < -0.3 is 9.47 Å². The maximum Gasteiger partial charge on any atom is 0.196 e. The molecule has 0 saturated heterocycles. The molecular formula is C17H15FO3. The number of fused-ring (bicyclic) bond motifs is 1. The van der Waals surface area contributed by atoms with Crippen LogP contribution in [0.15, 0.2) is 36.4 Å². The van der Waals surface area contributed by atoms with E-state index in [9.17, 15) is 9.18 Å². The molecule has 0 unspecified atom stereocenters. The van der Waals surface area contributed by atoms with Crippen LogP contribution < -0.4 is 9.47 Å². The molecule has 0 atom stereocenters. The van der Waals surface area contributed by atoms with Crippen LogP contribution in [0.4, 0.5) is 4.39 Å². The molecule has 0 amide bonds. The predicted octanol–water partition coefficient (Wildman–Crippen LogP) is 3.53. The summed E-state index contributed by atoms with van der Waals surface area (Å²) in [6.45, 7) is 2.96. The van der Waals surface area contributed by atoms with Gasteiger partial charge in [0.05, 0.1) is 18.8 Å². The van der Waals surface area contributed by atoms with Gasteiger partial charge in [0.2, 0.25) is 0 Å². The van der Waals surface area contributed by atoms with E-state index in [0.29, 0.717) is 30.3 Å². The van der Waals surface area contributed by atoms with Crippen molar-refractivity contribution in [2.75, 3.05) is 13.2 Å². The van der Waals surface area contributed by atoms with Gasteiger partial charge in [0.25, 0.3) is 0 Å². The summed E-state index contributed by atoms with van der Waals surface area (Å²) >= 11 is 0. The van der Waals surface area contributed by atoms with Crippen LogP contribution in [-0.4, -0.2) is 19.0 Å². The zero-order valence-electron chi connectivity index (χ0n) is 11.7. The highest BCUT2D eigenvalue weighted by Gasteiger charge is 2.18. The van der Waals surface area contributed by atoms with E-state index in [-0.39, 0.29) is 11.3 Å². The van der Waals surface area contributed by atoms with Crippen LogP contribution in [0, 0.1) is 12.7 Å². The van der Waals surface area contributed by atoms with Crippen LogP contribution in [0.1, 0.15) is 27.9 Å². The van der Waals surface area contributed by atoms with E-state index in [1.807, 2.05) is 6.92 Å². The van der Waals surface area contributed by atoms with Crippen LogP contribution in [0.25, 0.3) is 0 Å². The minimum absolute atomic E-state index is 0.0736. The zero-order valence-corrected chi connectivity index (χ0v) is 11.7. The topological polar surface area (TPSA) is 35.5 Å². The number of aryl methyl sites for hydroxylation is 1. The van der Waals surface area contributed by atoms with E-state index in [1.54, 1.807) is 30.3 Å². The zero-order chi connectivity index (χ0) is 14.8. The van der Waals surface area contributed by atoms with Crippen LogP contribution in [0.2, 0.25) is 0 Å². The first-order valence-corrected chi connectivity index (χ1v) is 6.85. The largest absolute Gasteiger partial charge is 0.490 e. The second-order valence-corrected chi connectivity index (χ2v) is 5.02. The van der Waals surface area contributed by atoms with Gasteiger partial charge >= 0.3 is 0 Å². The van der Waals surface area contributed by atoms with Crippen molar-refractivity contribution in [3.63, 3.8) is 0 Å². The molecule has 3 rings (SSSR count). The second kappa shape index (κ2) is 5.56. The number of hydrogen-bond donors (Lipinski definition) is 0. The fourth-order valence-electron chi connectivity index (χ4n) is 2.27. The summed E-state index contributed by atoms with van der Waals surface area (Å²) in [4.78, 5) is 12.5. The van der Waals surface area contributed by atoms with E-state index < -0.39 is 5.82 Å². The van der Waals surface area contributed by atoms with Crippen molar-refractivity contribution >= 4 is 5.78 Å². The second-order valence-electron chi connectivity index (χ2n) is 5.02. The molecule has 0 saturated carbocycles. The summed E-state index contributed by atoms with van der Waals surface area (Å²) in [5.74, 6) is 0.282. The van der Waals surface area contributed by atoms with E-state index in [2.05, 4.69) is 0 Å².